The second kappa shape index (κ2) is 4.98. The summed E-state index contributed by atoms with van der Waals surface area (Å²) in [7, 11) is 0. The van der Waals surface area contributed by atoms with E-state index in [4.69, 9.17) is 0 Å². The minimum Gasteiger partial charge on any atom is -0.492 e. The first-order valence-corrected chi connectivity index (χ1v) is 7.44. The summed E-state index contributed by atoms with van der Waals surface area (Å²) in [6.07, 6.45) is 7.95. The number of aromatic amines is 1. The van der Waals surface area contributed by atoms with Crippen molar-refractivity contribution < 1.29 is 5.11 Å². The molecule has 0 amide bonds. The van der Waals surface area contributed by atoms with Gasteiger partial charge in [0.2, 0.25) is 11.8 Å². The molecule has 0 spiro atoms. The summed E-state index contributed by atoms with van der Waals surface area (Å²) in [6, 6.07) is 2.04. The summed E-state index contributed by atoms with van der Waals surface area (Å²) < 4.78 is 0. The number of fused-ring (bicyclic) bond motifs is 1. The van der Waals surface area contributed by atoms with Crippen molar-refractivity contribution in [2.75, 3.05) is 11.9 Å². The monoisotopic (exact) mass is 295 g/mol. The number of nitrogens with one attached hydrogen (secondary N) is 2. The van der Waals surface area contributed by atoms with Crippen molar-refractivity contribution in [3.05, 3.63) is 29.1 Å². The number of nitrogens with zero attached hydrogens (tertiary/aromatic N) is 3. The molecule has 1 fully saturated rings. The van der Waals surface area contributed by atoms with Crippen molar-refractivity contribution in [2.45, 2.75) is 19.8 Å². The van der Waals surface area contributed by atoms with Crippen LogP contribution in [0.25, 0.3) is 11.6 Å². The molecule has 6 heteroatoms. The third kappa shape index (κ3) is 2.47. The molecule has 22 heavy (non-hydrogen) atoms. The Kier molecular flexibility index (Phi) is 2.96. The lowest BCUT2D eigenvalue weighted by atomic mass is 10.1. The molecule has 2 aliphatic rings. The third-order valence-corrected chi connectivity index (χ3v) is 3.91. The number of H-pyrrole nitrogens is 1. The van der Waals surface area contributed by atoms with E-state index in [1.807, 2.05) is 19.1 Å². The zero-order valence-electron chi connectivity index (χ0n) is 12.3. The van der Waals surface area contributed by atoms with Crippen LogP contribution >= 0.6 is 0 Å². The highest BCUT2D eigenvalue weighted by Gasteiger charge is 2.21. The lowest BCUT2D eigenvalue weighted by Crippen LogP contribution is -2.04. The Balaban J connectivity index is 1.61. The minimum absolute atomic E-state index is 0.00624. The predicted octanol–water partition coefficient (Wildman–Crippen LogP) is 2.90. The number of imidazole rings is 1. The SMILES string of the molecule is Cc1cnc2c(c1)C(=Cc1[nH]c(NCC3CC3)nc1O)C=N2. The lowest BCUT2D eigenvalue weighted by Gasteiger charge is -2.00. The van der Waals surface area contributed by atoms with Crippen molar-refractivity contribution in [3.8, 4) is 5.88 Å². The molecule has 4 rings (SSSR count). The second-order valence-electron chi connectivity index (χ2n) is 5.89. The Labute approximate surface area is 128 Å². The van der Waals surface area contributed by atoms with Crippen LogP contribution in [0.2, 0.25) is 0 Å². The molecule has 2 aromatic rings. The number of allylic oxidation sites excluding steroid dienone is 1. The Morgan fingerprint density at radius 3 is 3.14 bits per heavy atom. The van der Waals surface area contributed by atoms with Gasteiger partial charge in [-0.1, -0.05) is 0 Å². The van der Waals surface area contributed by atoms with Gasteiger partial charge >= 0.3 is 0 Å². The molecule has 1 aliphatic heterocycles. The summed E-state index contributed by atoms with van der Waals surface area (Å²) in [5, 5.41) is 13.2. The first-order valence-electron chi connectivity index (χ1n) is 7.44. The van der Waals surface area contributed by atoms with Gasteiger partial charge in [0, 0.05) is 30.1 Å². The van der Waals surface area contributed by atoms with Crippen molar-refractivity contribution in [1.82, 2.24) is 15.0 Å². The Hall–Kier alpha value is -2.63. The van der Waals surface area contributed by atoms with E-state index in [0.29, 0.717) is 17.5 Å². The van der Waals surface area contributed by atoms with E-state index in [1.54, 1.807) is 12.4 Å². The third-order valence-electron chi connectivity index (χ3n) is 3.91. The minimum atomic E-state index is -0.00624. The molecule has 0 radical (unpaired) electrons. The first-order chi connectivity index (χ1) is 10.7. The van der Waals surface area contributed by atoms with Crippen molar-refractivity contribution >= 4 is 29.6 Å². The number of aromatic nitrogens is 3. The topological polar surface area (TPSA) is 86.2 Å². The first kappa shape index (κ1) is 13.1. The van der Waals surface area contributed by atoms with Gasteiger partial charge in [-0.3, -0.25) is 0 Å². The van der Waals surface area contributed by atoms with Crippen LogP contribution in [0.4, 0.5) is 11.8 Å². The average molecular weight is 295 g/mol. The maximum atomic E-state index is 9.99. The number of pyridine rings is 1. The van der Waals surface area contributed by atoms with E-state index in [2.05, 4.69) is 25.3 Å². The van der Waals surface area contributed by atoms with Crippen LogP contribution in [-0.2, 0) is 0 Å². The van der Waals surface area contributed by atoms with Crippen LogP contribution in [0.5, 0.6) is 5.88 Å². The van der Waals surface area contributed by atoms with E-state index >= 15 is 0 Å². The number of aromatic hydroxyl groups is 1. The highest BCUT2D eigenvalue weighted by molar-refractivity contribution is 6.21. The Bertz CT molecular complexity index is 786. The predicted molar refractivity (Wildman–Crippen MR) is 86.5 cm³/mol. The van der Waals surface area contributed by atoms with Crippen LogP contribution in [0.3, 0.4) is 0 Å². The summed E-state index contributed by atoms with van der Waals surface area (Å²) in [6.45, 7) is 2.90. The van der Waals surface area contributed by atoms with Crippen LogP contribution < -0.4 is 5.32 Å². The van der Waals surface area contributed by atoms with Crippen LogP contribution in [-0.4, -0.2) is 32.8 Å². The molecule has 0 atom stereocenters. The van der Waals surface area contributed by atoms with Gasteiger partial charge in [0.1, 0.15) is 5.69 Å². The Morgan fingerprint density at radius 2 is 2.32 bits per heavy atom. The molecule has 3 heterocycles. The zero-order chi connectivity index (χ0) is 15.1. The van der Waals surface area contributed by atoms with Gasteiger partial charge in [-0.15, -0.1) is 0 Å². The van der Waals surface area contributed by atoms with Gasteiger partial charge in [-0.25, -0.2) is 9.98 Å². The van der Waals surface area contributed by atoms with Gasteiger partial charge in [0.05, 0.1) is 0 Å². The van der Waals surface area contributed by atoms with Gasteiger partial charge in [0.15, 0.2) is 5.82 Å². The molecule has 2 aromatic heterocycles. The maximum Gasteiger partial charge on any atom is 0.238 e. The van der Waals surface area contributed by atoms with E-state index in [1.165, 1.54) is 12.8 Å². The largest absolute Gasteiger partial charge is 0.492 e. The van der Waals surface area contributed by atoms with Gasteiger partial charge in [0.25, 0.3) is 0 Å². The van der Waals surface area contributed by atoms with E-state index in [-0.39, 0.29) is 5.88 Å². The fraction of sp³-hybridized carbons (Fsp3) is 0.312. The molecule has 3 N–H and O–H groups in total. The highest BCUT2D eigenvalue weighted by atomic mass is 16.3. The number of hydrogen-bond acceptors (Lipinski definition) is 5. The summed E-state index contributed by atoms with van der Waals surface area (Å²) in [4.78, 5) is 15.8. The molecule has 0 unspecified atom stereocenters. The molecule has 1 saturated carbocycles. The maximum absolute atomic E-state index is 9.99. The lowest BCUT2D eigenvalue weighted by molar-refractivity contribution is 0.455. The van der Waals surface area contributed by atoms with E-state index < -0.39 is 0 Å². The number of anilines is 1. The van der Waals surface area contributed by atoms with Crippen molar-refractivity contribution in [1.29, 1.82) is 0 Å². The van der Waals surface area contributed by atoms with Crippen LogP contribution in [0.15, 0.2) is 17.3 Å². The zero-order valence-corrected chi connectivity index (χ0v) is 12.3. The van der Waals surface area contributed by atoms with Crippen molar-refractivity contribution in [2.24, 2.45) is 10.9 Å². The van der Waals surface area contributed by atoms with Gasteiger partial charge in [-0.2, -0.15) is 4.98 Å². The number of hydrogen-bond donors (Lipinski definition) is 3. The molecule has 1 aliphatic carbocycles. The second-order valence-corrected chi connectivity index (χ2v) is 5.89. The van der Waals surface area contributed by atoms with Crippen LogP contribution in [0, 0.1) is 12.8 Å². The van der Waals surface area contributed by atoms with Crippen LogP contribution in [0.1, 0.15) is 29.7 Å². The fourth-order valence-corrected chi connectivity index (χ4v) is 2.47. The number of aliphatic imine (C=N–C) groups is 1. The van der Waals surface area contributed by atoms with Gasteiger partial charge < -0.3 is 15.4 Å². The highest BCUT2D eigenvalue weighted by Crippen LogP contribution is 2.33. The number of rotatable bonds is 4. The van der Waals surface area contributed by atoms with Gasteiger partial charge in [-0.05, 0) is 43.4 Å². The summed E-state index contributed by atoms with van der Waals surface area (Å²) in [5.41, 5.74) is 3.55. The molecule has 6 nitrogen and oxygen atoms in total. The molecule has 0 saturated heterocycles. The summed E-state index contributed by atoms with van der Waals surface area (Å²) in [5.74, 6) is 2.06. The van der Waals surface area contributed by atoms with Crippen molar-refractivity contribution in [3.63, 3.8) is 0 Å². The summed E-state index contributed by atoms with van der Waals surface area (Å²) >= 11 is 0. The Morgan fingerprint density at radius 1 is 1.45 bits per heavy atom. The molecule has 112 valence electrons. The number of aryl methyl sites for hydroxylation is 1. The average Bonchev–Trinajstić information content (AvgIpc) is 3.16. The normalized spacial score (nSPS) is 18.0. The van der Waals surface area contributed by atoms with E-state index in [9.17, 15) is 5.11 Å². The molecule has 0 aromatic carbocycles. The van der Waals surface area contributed by atoms with E-state index in [0.717, 1.165) is 29.2 Å². The fourth-order valence-electron chi connectivity index (χ4n) is 2.47. The molecule has 0 bridgehead atoms. The standard InChI is InChI=1S/C16H17N5O/c1-9-4-12-11(8-18-14(12)17-6-9)5-13-15(22)21-16(20-13)19-7-10-2-3-10/h4-6,8,10,22H,2-3,7H2,1H3,(H2,19,20,21). The smallest absolute Gasteiger partial charge is 0.238 e. The molecular formula is C16H17N5O. The quantitative estimate of drug-likeness (QED) is 0.809. The molecular weight excluding hydrogens is 278 g/mol.